The van der Waals surface area contributed by atoms with Gasteiger partial charge in [0, 0.05) is 19.1 Å². The molecule has 6 heteroatoms. The topological polar surface area (TPSA) is 51.0 Å². The molecule has 0 aliphatic carbocycles. The van der Waals surface area contributed by atoms with Gasteiger partial charge in [-0.15, -0.1) is 24.5 Å². The molecule has 134 valence electrons. The monoisotopic (exact) mass is 366 g/mol. The highest BCUT2D eigenvalue weighted by molar-refractivity contribution is 7.13. The molecule has 0 aliphatic rings. The van der Waals surface area contributed by atoms with Crippen molar-refractivity contribution in [2.45, 2.75) is 19.9 Å². The molecule has 0 unspecified atom stereocenters. The molecular formula is C20H22N4OS. The third-order valence-corrected chi connectivity index (χ3v) is 4.94. The summed E-state index contributed by atoms with van der Waals surface area (Å²) in [6.07, 6.45) is 5.17. The highest BCUT2D eigenvalue weighted by Gasteiger charge is 2.21. The lowest BCUT2D eigenvalue weighted by Gasteiger charge is -2.20. The van der Waals surface area contributed by atoms with Crippen molar-refractivity contribution in [2.24, 2.45) is 0 Å². The molecule has 3 aromatic heterocycles. The second-order valence-electron chi connectivity index (χ2n) is 6.24. The van der Waals surface area contributed by atoms with E-state index >= 15 is 0 Å². The fourth-order valence-electron chi connectivity index (χ4n) is 2.85. The van der Waals surface area contributed by atoms with E-state index in [1.807, 2.05) is 28.3 Å². The van der Waals surface area contributed by atoms with Gasteiger partial charge >= 0.3 is 0 Å². The van der Waals surface area contributed by atoms with Crippen molar-refractivity contribution in [3.8, 4) is 10.6 Å². The second kappa shape index (κ2) is 7.66. The fraction of sp³-hybridized carbons (Fsp3) is 0.250. The zero-order valence-electron chi connectivity index (χ0n) is 15.1. The smallest absolute Gasteiger partial charge is 0.255 e. The van der Waals surface area contributed by atoms with Gasteiger partial charge in [0.05, 0.1) is 27.7 Å². The van der Waals surface area contributed by atoms with Gasteiger partial charge in [0.25, 0.3) is 5.91 Å². The molecule has 0 fully saturated rings. The molecule has 5 nitrogen and oxygen atoms in total. The number of carbonyl (C=O) groups is 1. The first-order valence-electron chi connectivity index (χ1n) is 8.50. The van der Waals surface area contributed by atoms with E-state index in [9.17, 15) is 4.79 Å². The summed E-state index contributed by atoms with van der Waals surface area (Å²) in [7, 11) is 0. The summed E-state index contributed by atoms with van der Waals surface area (Å²) in [5.41, 5.74) is 2.12. The molecule has 3 rings (SSSR count). The van der Waals surface area contributed by atoms with E-state index in [2.05, 4.69) is 32.1 Å². The second-order valence-corrected chi connectivity index (χ2v) is 7.19. The molecule has 0 radical (unpaired) electrons. The van der Waals surface area contributed by atoms with Crippen LogP contribution in [-0.4, -0.2) is 38.7 Å². The number of thiophene rings is 1. The van der Waals surface area contributed by atoms with Crippen LogP contribution in [0.4, 0.5) is 0 Å². The summed E-state index contributed by atoms with van der Waals surface area (Å²) in [6, 6.07) is 6.00. The van der Waals surface area contributed by atoms with Crippen LogP contribution in [0.2, 0.25) is 0 Å². The molecule has 0 bridgehead atoms. The Morgan fingerprint density at radius 2 is 2.08 bits per heavy atom. The summed E-state index contributed by atoms with van der Waals surface area (Å²) in [6.45, 7) is 12.5. The molecule has 1 amide bonds. The number of hydrogen-bond donors (Lipinski definition) is 0. The zero-order chi connectivity index (χ0) is 18.7. The summed E-state index contributed by atoms with van der Waals surface area (Å²) in [5, 5.41) is 7.23. The molecule has 0 atom stereocenters. The predicted molar refractivity (Wildman–Crippen MR) is 108 cm³/mol. The molecule has 3 heterocycles. The van der Waals surface area contributed by atoms with Gasteiger partial charge in [0.15, 0.2) is 5.65 Å². The van der Waals surface area contributed by atoms with Crippen LogP contribution < -0.4 is 0 Å². The summed E-state index contributed by atoms with van der Waals surface area (Å²) in [5.74, 6) is -0.0710. The number of fused-ring (bicyclic) bond motifs is 1. The number of pyridine rings is 1. The molecule has 0 aromatic carbocycles. The first-order valence-corrected chi connectivity index (χ1v) is 9.38. The van der Waals surface area contributed by atoms with Crippen molar-refractivity contribution in [2.75, 3.05) is 13.1 Å². The third-order valence-electron chi connectivity index (χ3n) is 4.05. The van der Waals surface area contributed by atoms with Crippen LogP contribution >= 0.6 is 11.3 Å². The maximum absolute atomic E-state index is 13.2. The largest absolute Gasteiger partial charge is 0.331 e. The van der Waals surface area contributed by atoms with Crippen molar-refractivity contribution >= 4 is 28.3 Å². The van der Waals surface area contributed by atoms with Crippen molar-refractivity contribution < 1.29 is 4.79 Å². The van der Waals surface area contributed by atoms with Crippen LogP contribution in [0, 0.1) is 0 Å². The van der Waals surface area contributed by atoms with E-state index in [0.29, 0.717) is 18.7 Å². The molecular weight excluding hydrogens is 344 g/mol. The minimum Gasteiger partial charge on any atom is -0.331 e. The summed E-state index contributed by atoms with van der Waals surface area (Å²) in [4.78, 5) is 20.7. The number of nitrogens with zero attached hydrogens (tertiary/aromatic N) is 4. The van der Waals surface area contributed by atoms with E-state index in [4.69, 9.17) is 4.98 Å². The molecule has 0 saturated carbocycles. The van der Waals surface area contributed by atoms with Crippen molar-refractivity contribution in [1.29, 1.82) is 0 Å². The first-order chi connectivity index (χ1) is 12.6. The Balaban J connectivity index is 2.21. The van der Waals surface area contributed by atoms with Gasteiger partial charge in [0.2, 0.25) is 0 Å². The Bertz CT molecular complexity index is 930. The maximum atomic E-state index is 13.2. The van der Waals surface area contributed by atoms with Gasteiger partial charge in [0.1, 0.15) is 0 Å². The molecule has 3 aromatic rings. The van der Waals surface area contributed by atoms with Gasteiger partial charge in [-0.05, 0) is 31.4 Å². The van der Waals surface area contributed by atoms with Gasteiger partial charge < -0.3 is 4.90 Å². The van der Waals surface area contributed by atoms with Gasteiger partial charge in [-0.3, -0.25) is 4.79 Å². The molecule has 0 spiro atoms. The highest BCUT2D eigenvalue weighted by atomic mass is 32.1. The van der Waals surface area contributed by atoms with Crippen molar-refractivity contribution in [3.05, 3.63) is 60.6 Å². The Morgan fingerprint density at radius 1 is 1.35 bits per heavy atom. The average Bonchev–Trinajstić information content (AvgIpc) is 3.29. The quantitative estimate of drug-likeness (QED) is 0.576. The van der Waals surface area contributed by atoms with Crippen LogP contribution in [0.5, 0.6) is 0 Å². The van der Waals surface area contributed by atoms with Crippen molar-refractivity contribution in [1.82, 2.24) is 19.7 Å². The van der Waals surface area contributed by atoms with Gasteiger partial charge in [-0.2, -0.15) is 5.10 Å². The molecule has 0 aliphatic heterocycles. The van der Waals surface area contributed by atoms with Crippen molar-refractivity contribution in [3.63, 3.8) is 0 Å². The normalized spacial score (nSPS) is 11.0. The Morgan fingerprint density at radius 3 is 2.65 bits per heavy atom. The lowest BCUT2D eigenvalue weighted by molar-refractivity contribution is 0.0792. The minimum absolute atomic E-state index is 0.0710. The average molecular weight is 366 g/mol. The van der Waals surface area contributed by atoms with E-state index in [0.717, 1.165) is 21.6 Å². The number of carbonyl (C=O) groups excluding carboxylic acids is 1. The van der Waals surface area contributed by atoms with Gasteiger partial charge in [-0.25, -0.2) is 9.67 Å². The predicted octanol–water partition coefficient (Wildman–Crippen LogP) is 4.55. The number of aromatic nitrogens is 3. The van der Waals surface area contributed by atoms with Gasteiger partial charge in [-0.1, -0.05) is 18.2 Å². The summed E-state index contributed by atoms with van der Waals surface area (Å²) < 4.78 is 1.86. The van der Waals surface area contributed by atoms with E-state index in [-0.39, 0.29) is 11.9 Å². The fourth-order valence-corrected chi connectivity index (χ4v) is 3.53. The van der Waals surface area contributed by atoms with Crippen LogP contribution in [0.1, 0.15) is 30.2 Å². The van der Waals surface area contributed by atoms with Crippen LogP contribution in [-0.2, 0) is 0 Å². The number of hydrogen-bond acceptors (Lipinski definition) is 4. The van der Waals surface area contributed by atoms with E-state index < -0.39 is 0 Å². The van der Waals surface area contributed by atoms with Crippen LogP contribution in [0.25, 0.3) is 21.6 Å². The first kappa shape index (κ1) is 18.1. The number of amides is 1. The Hall–Kier alpha value is -2.73. The highest BCUT2D eigenvalue weighted by Crippen LogP contribution is 2.29. The SMILES string of the molecule is C=CCN(CC=C)C(=O)c1cc(-c2cccs2)nc2c1cnn2C(C)C. The molecule has 26 heavy (non-hydrogen) atoms. The molecule has 0 N–H and O–H groups in total. The Labute approximate surface area is 157 Å². The lowest BCUT2D eigenvalue weighted by Crippen LogP contribution is -2.31. The van der Waals surface area contributed by atoms with Crippen LogP contribution in [0.3, 0.4) is 0 Å². The third kappa shape index (κ3) is 3.32. The molecule has 0 saturated heterocycles. The number of rotatable bonds is 7. The van der Waals surface area contributed by atoms with E-state index in [1.54, 1.807) is 34.6 Å². The summed E-state index contributed by atoms with van der Waals surface area (Å²) >= 11 is 1.60. The maximum Gasteiger partial charge on any atom is 0.255 e. The Kier molecular flexibility index (Phi) is 5.32. The standard InChI is InChI=1S/C20H22N4OS/c1-5-9-23(10-6-2)20(25)15-12-17(18-8-7-11-26-18)22-19-16(15)13-21-24(19)14(3)4/h5-8,11-14H,1-2,9-10H2,3-4H3. The minimum atomic E-state index is -0.0710. The lowest BCUT2D eigenvalue weighted by atomic mass is 10.1. The zero-order valence-corrected chi connectivity index (χ0v) is 15.9. The van der Waals surface area contributed by atoms with Crippen LogP contribution in [0.15, 0.2) is 55.1 Å². The van der Waals surface area contributed by atoms with E-state index in [1.165, 1.54) is 0 Å².